The van der Waals surface area contributed by atoms with E-state index >= 15 is 0 Å². The van der Waals surface area contributed by atoms with E-state index in [4.69, 9.17) is 4.74 Å². The van der Waals surface area contributed by atoms with E-state index in [-0.39, 0.29) is 11.8 Å². The number of esters is 1. The highest BCUT2D eigenvalue weighted by molar-refractivity contribution is 6.01. The lowest BCUT2D eigenvalue weighted by Gasteiger charge is -2.32. The number of ketones is 1. The molecule has 3 unspecified atom stereocenters. The van der Waals surface area contributed by atoms with Crippen molar-refractivity contribution in [2.45, 2.75) is 71.2 Å². The minimum Gasteiger partial charge on any atom is -0.456 e. The summed E-state index contributed by atoms with van der Waals surface area (Å²) in [5, 5.41) is 19.8. The van der Waals surface area contributed by atoms with E-state index in [9.17, 15) is 19.8 Å². The van der Waals surface area contributed by atoms with E-state index in [0.29, 0.717) is 36.8 Å². The average Bonchev–Trinajstić information content (AvgIpc) is 2.74. The van der Waals surface area contributed by atoms with Gasteiger partial charge in [0.15, 0.2) is 5.78 Å². The fraction of sp³-hybridized carbons (Fsp3) is 0.600. The van der Waals surface area contributed by atoms with Crippen molar-refractivity contribution in [1.29, 1.82) is 0 Å². The van der Waals surface area contributed by atoms with Crippen LogP contribution in [-0.4, -0.2) is 39.8 Å². The molecule has 5 heteroatoms. The molecule has 0 bridgehead atoms. The first-order valence-electron chi connectivity index (χ1n) is 8.80. The van der Waals surface area contributed by atoms with Gasteiger partial charge < -0.3 is 14.9 Å². The molecule has 1 aliphatic carbocycles. The van der Waals surface area contributed by atoms with E-state index in [0.717, 1.165) is 5.57 Å². The summed E-state index contributed by atoms with van der Waals surface area (Å²) in [6.07, 6.45) is 6.67. The van der Waals surface area contributed by atoms with Crippen molar-refractivity contribution in [3.05, 3.63) is 34.9 Å². The molecule has 0 amide bonds. The second-order valence-electron chi connectivity index (χ2n) is 7.60. The lowest BCUT2D eigenvalue weighted by Crippen LogP contribution is -2.42. The van der Waals surface area contributed by atoms with Crippen LogP contribution >= 0.6 is 0 Å². The molecule has 1 fully saturated rings. The second kappa shape index (κ2) is 7.67. The fourth-order valence-corrected chi connectivity index (χ4v) is 3.23. The van der Waals surface area contributed by atoms with Crippen molar-refractivity contribution in [3.8, 4) is 0 Å². The Kier molecular flexibility index (Phi) is 6.01. The normalized spacial score (nSPS) is 29.8. The van der Waals surface area contributed by atoms with E-state index < -0.39 is 23.7 Å². The lowest BCUT2D eigenvalue weighted by atomic mass is 9.92. The summed E-state index contributed by atoms with van der Waals surface area (Å²) in [6.45, 7) is 6.93. The second-order valence-corrected chi connectivity index (χ2v) is 7.60. The number of rotatable bonds is 5. The van der Waals surface area contributed by atoms with Gasteiger partial charge in [0.2, 0.25) is 0 Å². The van der Waals surface area contributed by atoms with Gasteiger partial charge in [-0.15, -0.1) is 0 Å². The Morgan fingerprint density at radius 3 is 2.60 bits per heavy atom. The monoisotopic (exact) mass is 348 g/mol. The summed E-state index contributed by atoms with van der Waals surface area (Å²) in [7, 11) is 0. The van der Waals surface area contributed by atoms with Crippen molar-refractivity contribution in [3.63, 3.8) is 0 Å². The Hall–Kier alpha value is -1.72. The van der Waals surface area contributed by atoms with Crippen molar-refractivity contribution >= 4 is 11.8 Å². The molecule has 3 atom stereocenters. The Labute approximate surface area is 149 Å². The van der Waals surface area contributed by atoms with Crippen LogP contribution in [-0.2, 0) is 14.3 Å². The first kappa shape index (κ1) is 19.6. The molecule has 0 saturated carbocycles. The smallest absolute Gasteiger partial charge is 0.334 e. The number of aliphatic hydroxyl groups is 2. The molecule has 138 valence electrons. The SMILES string of the molecule is CC1=CC(O)C(/C=C(\C)CC/C=C2\CCC(C(C)(C)O)OC2=O)C1=O. The zero-order chi connectivity index (χ0) is 18.8. The third kappa shape index (κ3) is 4.89. The lowest BCUT2D eigenvalue weighted by molar-refractivity contribution is -0.162. The molecule has 1 aliphatic heterocycles. The molecule has 0 spiro atoms. The Morgan fingerprint density at radius 2 is 2.08 bits per heavy atom. The predicted molar refractivity (Wildman–Crippen MR) is 94.7 cm³/mol. The third-order valence-corrected chi connectivity index (χ3v) is 4.85. The van der Waals surface area contributed by atoms with E-state index in [1.54, 1.807) is 26.8 Å². The first-order valence-corrected chi connectivity index (χ1v) is 8.80. The third-order valence-electron chi connectivity index (χ3n) is 4.85. The Balaban J connectivity index is 1.88. The van der Waals surface area contributed by atoms with Crippen LogP contribution in [0.3, 0.4) is 0 Å². The minimum absolute atomic E-state index is 0.0290. The summed E-state index contributed by atoms with van der Waals surface area (Å²) in [5.41, 5.74) is 1.23. The van der Waals surface area contributed by atoms with Crippen LogP contribution in [0.1, 0.15) is 53.4 Å². The largest absolute Gasteiger partial charge is 0.456 e. The number of ether oxygens (including phenoxy) is 1. The van der Waals surface area contributed by atoms with Gasteiger partial charge in [0.1, 0.15) is 6.10 Å². The fourth-order valence-electron chi connectivity index (χ4n) is 3.23. The molecule has 25 heavy (non-hydrogen) atoms. The molecule has 5 nitrogen and oxygen atoms in total. The zero-order valence-electron chi connectivity index (χ0n) is 15.4. The minimum atomic E-state index is -1.03. The van der Waals surface area contributed by atoms with Crippen LogP contribution in [0.5, 0.6) is 0 Å². The van der Waals surface area contributed by atoms with Crippen LogP contribution in [0.4, 0.5) is 0 Å². The number of Topliss-reactive ketones (excluding diaryl/α,β-unsaturated/α-hetero) is 1. The molecule has 2 rings (SSSR count). The molecule has 0 aromatic heterocycles. The highest BCUT2D eigenvalue weighted by Gasteiger charge is 2.35. The van der Waals surface area contributed by atoms with Crippen molar-refractivity contribution in [2.24, 2.45) is 5.92 Å². The molecule has 2 N–H and O–H groups in total. The number of cyclic esters (lactones) is 1. The molecular formula is C20H28O5. The molecule has 0 radical (unpaired) electrons. The van der Waals surface area contributed by atoms with Gasteiger partial charge in [-0.2, -0.15) is 0 Å². The van der Waals surface area contributed by atoms with Gasteiger partial charge in [-0.3, -0.25) is 4.79 Å². The number of hydrogen-bond donors (Lipinski definition) is 2. The van der Waals surface area contributed by atoms with Crippen LogP contribution in [0.2, 0.25) is 0 Å². The molecule has 0 aromatic rings. The van der Waals surface area contributed by atoms with Gasteiger partial charge in [0.25, 0.3) is 0 Å². The number of carbonyl (C=O) groups is 2. The number of hydrogen-bond acceptors (Lipinski definition) is 5. The first-order chi connectivity index (χ1) is 11.6. The summed E-state index contributed by atoms with van der Waals surface area (Å²) in [5.74, 6) is -0.875. The van der Waals surface area contributed by atoms with Gasteiger partial charge in [0.05, 0.1) is 17.6 Å². The highest BCUT2D eigenvalue weighted by atomic mass is 16.6. The van der Waals surface area contributed by atoms with Gasteiger partial charge >= 0.3 is 5.97 Å². The maximum atomic E-state index is 12.0. The van der Waals surface area contributed by atoms with Crippen LogP contribution in [0.25, 0.3) is 0 Å². The van der Waals surface area contributed by atoms with E-state index in [2.05, 4.69) is 0 Å². The van der Waals surface area contributed by atoms with Crippen molar-refractivity contribution < 1.29 is 24.5 Å². The highest BCUT2D eigenvalue weighted by Crippen LogP contribution is 2.28. The van der Waals surface area contributed by atoms with E-state index in [1.165, 1.54) is 0 Å². The zero-order valence-corrected chi connectivity index (χ0v) is 15.4. The predicted octanol–water partition coefficient (Wildman–Crippen LogP) is 2.62. The summed E-state index contributed by atoms with van der Waals surface area (Å²) in [6, 6.07) is 0. The molecule has 1 saturated heterocycles. The maximum absolute atomic E-state index is 12.0. The van der Waals surface area contributed by atoms with Crippen LogP contribution in [0.15, 0.2) is 34.9 Å². The van der Waals surface area contributed by atoms with Crippen molar-refractivity contribution in [1.82, 2.24) is 0 Å². The Morgan fingerprint density at radius 1 is 1.40 bits per heavy atom. The standard InChI is InChI=1S/C20H28O5/c1-12(10-15-16(21)11-13(2)18(15)22)6-5-7-14-8-9-17(20(3,4)24)25-19(14)23/h7,10-11,15-17,21,24H,5-6,8-9H2,1-4H3/b12-10+,14-7+. The maximum Gasteiger partial charge on any atom is 0.334 e. The van der Waals surface area contributed by atoms with Crippen molar-refractivity contribution in [2.75, 3.05) is 0 Å². The van der Waals surface area contributed by atoms with Gasteiger partial charge in [-0.05, 0) is 65.0 Å². The number of carbonyl (C=O) groups excluding carboxylic acids is 2. The summed E-state index contributed by atoms with van der Waals surface area (Å²) >= 11 is 0. The summed E-state index contributed by atoms with van der Waals surface area (Å²) < 4.78 is 5.31. The van der Waals surface area contributed by atoms with E-state index in [1.807, 2.05) is 19.1 Å². The molecule has 0 aromatic carbocycles. The van der Waals surface area contributed by atoms with Crippen LogP contribution in [0, 0.1) is 5.92 Å². The molecule has 2 aliphatic rings. The van der Waals surface area contributed by atoms with Gasteiger partial charge in [-0.1, -0.05) is 17.7 Å². The summed E-state index contributed by atoms with van der Waals surface area (Å²) in [4.78, 5) is 24.0. The number of aliphatic hydroxyl groups excluding tert-OH is 1. The average molecular weight is 348 g/mol. The topological polar surface area (TPSA) is 83.8 Å². The van der Waals surface area contributed by atoms with Gasteiger partial charge in [-0.25, -0.2) is 4.79 Å². The van der Waals surface area contributed by atoms with Gasteiger partial charge in [0, 0.05) is 5.57 Å². The Bertz CT molecular complexity index is 633. The van der Waals surface area contributed by atoms with Crippen LogP contribution < -0.4 is 0 Å². The quantitative estimate of drug-likeness (QED) is 0.453. The molecule has 1 heterocycles. The molecular weight excluding hydrogens is 320 g/mol. The number of allylic oxidation sites excluding steroid dienone is 3.